The van der Waals surface area contributed by atoms with Crippen molar-refractivity contribution in [2.24, 2.45) is 0 Å². The molecule has 0 unspecified atom stereocenters. The van der Waals surface area contributed by atoms with Crippen molar-refractivity contribution < 1.29 is 14.3 Å². The van der Waals surface area contributed by atoms with Crippen LogP contribution < -0.4 is 14.8 Å². The van der Waals surface area contributed by atoms with Gasteiger partial charge >= 0.3 is 0 Å². The van der Waals surface area contributed by atoms with Crippen LogP contribution in [0.3, 0.4) is 0 Å². The standard InChI is InChI=1S/C20H25N3O3S/c1-4-7-15-18(5-2)27-20(22-15)23-19(24)8-6-11-26-16-10-9-14(13-21)12-17(16)25-3/h9-10,12H,4-8,11H2,1-3H3,(H,22,23,24). The highest BCUT2D eigenvalue weighted by molar-refractivity contribution is 7.15. The smallest absolute Gasteiger partial charge is 0.226 e. The molecular weight excluding hydrogens is 362 g/mol. The molecule has 7 heteroatoms. The third-order valence-electron chi connectivity index (χ3n) is 3.93. The van der Waals surface area contributed by atoms with Gasteiger partial charge in [0.2, 0.25) is 5.91 Å². The number of aryl methyl sites for hydroxylation is 2. The maximum absolute atomic E-state index is 12.1. The second-order valence-corrected chi connectivity index (χ2v) is 7.05. The zero-order chi connectivity index (χ0) is 19.6. The van der Waals surface area contributed by atoms with Gasteiger partial charge in [0.25, 0.3) is 0 Å². The van der Waals surface area contributed by atoms with E-state index in [2.05, 4.69) is 30.2 Å². The normalized spacial score (nSPS) is 10.3. The second-order valence-electron chi connectivity index (χ2n) is 5.97. The first-order valence-electron chi connectivity index (χ1n) is 9.10. The Hall–Kier alpha value is -2.59. The van der Waals surface area contributed by atoms with E-state index in [1.54, 1.807) is 29.5 Å². The molecule has 2 aromatic rings. The van der Waals surface area contributed by atoms with E-state index >= 15 is 0 Å². The van der Waals surface area contributed by atoms with E-state index in [1.807, 2.05) is 0 Å². The summed E-state index contributed by atoms with van der Waals surface area (Å²) in [6.07, 6.45) is 3.84. The van der Waals surface area contributed by atoms with Crippen molar-refractivity contribution in [1.29, 1.82) is 5.26 Å². The number of benzene rings is 1. The van der Waals surface area contributed by atoms with Crippen LogP contribution in [0.1, 0.15) is 49.2 Å². The van der Waals surface area contributed by atoms with E-state index in [4.69, 9.17) is 14.7 Å². The number of aromatic nitrogens is 1. The van der Waals surface area contributed by atoms with Crippen LogP contribution in [0.5, 0.6) is 11.5 Å². The van der Waals surface area contributed by atoms with Crippen LogP contribution in [0.2, 0.25) is 0 Å². The number of carbonyl (C=O) groups is 1. The summed E-state index contributed by atoms with van der Waals surface area (Å²) in [4.78, 5) is 17.9. The van der Waals surface area contributed by atoms with Gasteiger partial charge in [-0.2, -0.15) is 5.26 Å². The summed E-state index contributed by atoms with van der Waals surface area (Å²) in [6, 6.07) is 7.06. The predicted octanol–water partition coefficient (Wildman–Crippen LogP) is 4.34. The number of amides is 1. The zero-order valence-corrected chi connectivity index (χ0v) is 16.8. The van der Waals surface area contributed by atoms with E-state index in [1.165, 1.54) is 12.0 Å². The summed E-state index contributed by atoms with van der Waals surface area (Å²) in [5, 5.41) is 12.5. The van der Waals surface area contributed by atoms with E-state index in [-0.39, 0.29) is 5.91 Å². The lowest BCUT2D eigenvalue weighted by atomic mass is 10.2. The van der Waals surface area contributed by atoms with Crippen molar-refractivity contribution in [1.82, 2.24) is 4.98 Å². The van der Waals surface area contributed by atoms with Gasteiger partial charge in [-0.25, -0.2) is 4.98 Å². The molecule has 1 aromatic carbocycles. The fourth-order valence-electron chi connectivity index (χ4n) is 2.60. The van der Waals surface area contributed by atoms with Crippen molar-refractivity contribution in [2.45, 2.75) is 46.0 Å². The molecule has 0 radical (unpaired) electrons. The van der Waals surface area contributed by atoms with Crippen molar-refractivity contribution in [3.05, 3.63) is 34.3 Å². The zero-order valence-electron chi connectivity index (χ0n) is 16.0. The minimum absolute atomic E-state index is 0.0650. The summed E-state index contributed by atoms with van der Waals surface area (Å²) in [5.74, 6) is 1.01. The lowest BCUT2D eigenvalue weighted by molar-refractivity contribution is -0.116. The maximum Gasteiger partial charge on any atom is 0.226 e. The van der Waals surface area contributed by atoms with E-state index in [0.29, 0.717) is 41.6 Å². The predicted molar refractivity (Wildman–Crippen MR) is 107 cm³/mol. The minimum Gasteiger partial charge on any atom is -0.493 e. The van der Waals surface area contributed by atoms with Gasteiger partial charge in [-0.3, -0.25) is 4.79 Å². The van der Waals surface area contributed by atoms with Crippen LogP contribution in [0.25, 0.3) is 0 Å². The quantitative estimate of drug-likeness (QED) is 0.613. The van der Waals surface area contributed by atoms with Gasteiger partial charge in [-0.05, 0) is 31.4 Å². The highest BCUT2D eigenvalue weighted by atomic mass is 32.1. The number of ether oxygens (including phenoxy) is 2. The number of hydrogen-bond donors (Lipinski definition) is 1. The molecule has 0 saturated heterocycles. The highest BCUT2D eigenvalue weighted by Gasteiger charge is 2.12. The lowest BCUT2D eigenvalue weighted by Crippen LogP contribution is -2.12. The SMILES string of the molecule is CCCc1nc(NC(=O)CCCOc2ccc(C#N)cc2OC)sc1CC. The molecule has 27 heavy (non-hydrogen) atoms. The van der Waals surface area contributed by atoms with Crippen LogP contribution in [0, 0.1) is 11.3 Å². The Balaban J connectivity index is 1.81. The molecule has 1 heterocycles. The number of thiazole rings is 1. The average Bonchev–Trinajstić information content (AvgIpc) is 3.06. The molecule has 0 aliphatic carbocycles. The van der Waals surface area contributed by atoms with Gasteiger partial charge in [-0.1, -0.05) is 20.3 Å². The molecule has 0 fully saturated rings. The molecule has 0 aliphatic rings. The van der Waals surface area contributed by atoms with Crippen LogP contribution in [-0.4, -0.2) is 24.6 Å². The van der Waals surface area contributed by atoms with Crippen LogP contribution in [-0.2, 0) is 17.6 Å². The van der Waals surface area contributed by atoms with E-state index in [9.17, 15) is 4.79 Å². The largest absolute Gasteiger partial charge is 0.493 e. The number of nitrogens with one attached hydrogen (secondary N) is 1. The van der Waals surface area contributed by atoms with Crippen LogP contribution in [0.15, 0.2) is 18.2 Å². The topological polar surface area (TPSA) is 84.2 Å². The molecule has 0 spiro atoms. The Morgan fingerprint density at radius 3 is 2.81 bits per heavy atom. The van der Waals surface area contributed by atoms with Crippen LogP contribution >= 0.6 is 11.3 Å². The fraction of sp³-hybridized carbons (Fsp3) is 0.450. The monoisotopic (exact) mass is 387 g/mol. The summed E-state index contributed by atoms with van der Waals surface area (Å²) in [6.45, 7) is 4.61. The Bertz CT molecular complexity index is 811. The summed E-state index contributed by atoms with van der Waals surface area (Å²) < 4.78 is 10.9. The molecule has 2 rings (SSSR count). The third-order valence-corrected chi connectivity index (χ3v) is 5.09. The first kappa shape index (κ1) is 20.7. The molecule has 1 N–H and O–H groups in total. The minimum atomic E-state index is -0.0650. The lowest BCUT2D eigenvalue weighted by Gasteiger charge is -2.10. The van der Waals surface area contributed by atoms with Gasteiger partial charge < -0.3 is 14.8 Å². The molecule has 0 aliphatic heterocycles. The Kier molecular flexibility index (Phi) is 8.08. The maximum atomic E-state index is 12.1. The van der Waals surface area contributed by atoms with Crippen LogP contribution in [0.4, 0.5) is 5.13 Å². The molecule has 1 aromatic heterocycles. The number of hydrogen-bond acceptors (Lipinski definition) is 6. The number of methoxy groups -OCH3 is 1. The summed E-state index contributed by atoms with van der Waals surface area (Å²) in [7, 11) is 1.53. The molecular formula is C20H25N3O3S. The molecule has 6 nitrogen and oxygen atoms in total. The van der Waals surface area contributed by atoms with Gasteiger partial charge in [0.05, 0.1) is 31.0 Å². The molecule has 0 saturated carbocycles. The van der Waals surface area contributed by atoms with Crippen molar-refractivity contribution >= 4 is 22.4 Å². The fourth-order valence-corrected chi connectivity index (χ4v) is 3.56. The molecule has 144 valence electrons. The van der Waals surface area contributed by atoms with Gasteiger partial charge in [0.15, 0.2) is 16.6 Å². The number of carbonyl (C=O) groups excluding carboxylic acids is 1. The third kappa shape index (κ3) is 5.97. The number of nitriles is 1. The second kappa shape index (κ2) is 10.5. The highest BCUT2D eigenvalue weighted by Crippen LogP contribution is 2.28. The molecule has 0 atom stereocenters. The first-order valence-corrected chi connectivity index (χ1v) is 9.92. The van der Waals surface area contributed by atoms with Gasteiger partial charge in [-0.15, -0.1) is 11.3 Å². The van der Waals surface area contributed by atoms with Gasteiger partial charge in [0.1, 0.15) is 0 Å². The number of nitrogens with zero attached hydrogens (tertiary/aromatic N) is 2. The average molecular weight is 388 g/mol. The first-order chi connectivity index (χ1) is 13.1. The van der Waals surface area contributed by atoms with Crippen molar-refractivity contribution in [2.75, 3.05) is 19.0 Å². The van der Waals surface area contributed by atoms with Crippen molar-refractivity contribution in [3.63, 3.8) is 0 Å². The Morgan fingerprint density at radius 1 is 1.33 bits per heavy atom. The molecule has 1 amide bonds. The Labute approximate surface area is 164 Å². The Morgan fingerprint density at radius 2 is 2.15 bits per heavy atom. The van der Waals surface area contributed by atoms with E-state index < -0.39 is 0 Å². The van der Waals surface area contributed by atoms with E-state index in [0.717, 1.165) is 25.0 Å². The number of anilines is 1. The summed E-state index contributed by atoms with van der Waals surface area (Å²) >= 11 is 1.56. The van der Waals surface area contributed by atoms with Gasteiger partial charge in [0, 0.05) is 17.4 Å². The molecule has 0 bridgehead atoms. The number of rotatable bonds is 10. The van der Waals surface area contributed by atoms with Crippen molar-refractivity contribution in [3.8, 4) is 17.6 Å². The summed E-state index contributed by atoms with van der Waals surface area (Å²) in [5.41, 5.74) is 1.60.